The lowest BCUT2D eigenvalue weighted by atomic mass is 9.94. The Hall–Kier alpha value is -5.28. The number of hydrogen-bond acceptors (Lipinski definition) is 10. The monoisotopic (exact) mass is 824 g/mol. The lowest BCUT2D eigenvalue weighted by molar-refractivity contribution is -0.137. The van der Waals surface area contributed by atoms with Gasteiger partial charge in [-0.05, 0) is 79.4 Å². The fourth-order valence-electron chi connectivity index (χ4n) is 8.42. The van der Waals surface area contributed by atoms with Gasteiger partial charge in [-0.15, -0.1) is 0 Å². The van der Waals surface area contributed by atoms with E-state index < -0.39 is 28.9 Å². The largest absolute Gasteiger partial charge is 0.497 e. The van der Waals surface area contributed by atoms with Crippen LogP contribution in [-0.4, -0.2) is 79.7 Å². The summed E-state index contributed by atoms with van der Waals surface area (Å²) in [6, 6.07) is 17.7. The van der Waals surface area contributed by atoms with Crippen molar-refractivity contribution in [2.24, 2.45) is 4.99 Å². The number of ether oxygens (including phenoxy) is 4. The van der Waals surface area contributed by atoms with Crippen LogP contribution in [0.4, 0.5) is 33.5 Å². The molecule has 0 unspecified atom stereocenters. The van der Waals surface area contributed by atoms with Crippen molar-refractivity contribution < 1.29 is 40.9 Å². The molecule has 2 fully saturated rings. The third-order valence-corrected chi connectivity index (χ3v) is 11.5. The molecule has 8 rings (SSSR count). The Morgan fingerprint density at radius 3 is 2.26 bits per heavy atom. The van der Waals surface area contributed by atoms with Gasteiger partial charge in [0, 0.05) is 32.1 Å². The van der Waals surface area contributed by atoms with E-state index in [1.165, 1.54) is 19.1 Å². The molecular weight excluding hydrogens is 783 g/mol. The van der Waals surface area contributed by atoms with Crippen molar-refractivity contribution in [1.82, 2.24) is 14.8 Å². The van der Waals surface area contributed by atoms with Crippen LogP contribution in [0.15, 0.2) is 77.8 Å². The minimum absolute atomic E-state index is 0.00685. The first-order chi connectivity index (χ1) is 27.7. The van der Waals surface area contributed by atoms with Crippen molar-refractivity contribution in [1.29, 1.82) is 0 Å². The molecule has 1 atom stereocenters. The molecule has 0 radical (unpaired) electrons. The molecule has 1 aromatic heterocycles. The van der Waals surface area contributed by atoms with Gasteiger partial charge in [0.1, 0.15) is 42.2 Å². The summed E-state index contributed by atoms with van der Waals surface area (Å²) in [6.07, 6.45) is -2.31. The molecule has 4 aliphatic rings. The normalized spacial score (nSPS) is 19.6. The van der Waals surface area contributed by atoms with Gasteiger partial charge in [0.25, 0.3) is 5.92 Å². The van der Waals surface area contributed by atoms with E-state index in [9.17, 15) is 8.78 Å². The van der Waals surface area contributed by atoms with E-state index in [1.54, 1.807) is 37.3 Å². The van der Waals surface area contributed by atoms with Crippen LogP contribution in [0.25, 0.3) is 11.3 Å². The molecule has 58 heavy (non-hydrogen) atoms. The average Bonchev–Trinajstić information content (AvgIpc) is 3.63. The number of aromatic nitrogens is 1. The SMILES string of the molecule is COc1ccc(CN(Cc2ccc(OC)cc2)c2cc(C)c(C(F)(F)F)c(-c3cc4c5c(c3Cl)NCN=C5N(C)C=C(OC[C@@]35CCCN3CC(F)(F)C5)O4)n2)cc1. The number of aliphatic imine (C=N–C) groups is 1. The van der Waals surface area contributed by atoms with Crippen LogP contribution < -0.4 is 24.4 Å². The van der Waals surface area contributed by atoms with Crippen LogP contribution in [0.3, 0.4) is 0 Å². The number of pyridine rings is 1. The standard InChI is InChI=1S/C42H42ClF5N6O4/c1-25-16-32(53(18-26-6-10-28(55-3)11-7-26)19-27-8-12-29(56-4)13-9-27)51-37(35(25)42(46,47)48)30-17-31-34-38(36(30)43)49-24-50-39(34)52(2)20-33(58-31)57-23-40-14-5-15-54(40)22-41(44,45)21-40/h6-13,16-17,20,49H,5,14-15,18-19,21-24H2,1-4H3/t40-/m0/s1. The molecule has 306 valence electrons. The van der Waals surface area contributed by atoms with Crippen molar-refractivity contribution in [2.75, 3.05) is 57.8 Å². The number of methoxy groups -OCH3 is 2. The van der Waals surface area contributed by atoms with Gasteiger partial charge in [-0.1, -0.05) is 35.9 Å². The first kappa shape index (κ1) is 39.5. The third-order valence-electron chi connectivity index (χ3n) is 11.1. The van der Waals surface area contributed by atoms with Crippen molar-refractivity contribution >= 4 is 28.9 Å². The first-order valence-corrected chi connectivity index (χ1v) is 19.2. The number of nitrogens with zero attached hydrogens (tertiary/aromatic N) is 5. The highest BCUT2D eigenvalue weighted by molar-refractivity contribution is 6.37. The number of rotatable bonds is 11. The highest BCUT2D eigenvalue weighted by Crippen LogP contribution is 2.50. The molecule has 4 aliphatic heterocycles. The number of fused-ring (bicyclic) bond motifs is 1. The topological polar surface area (TPSA) is 83.9 Å². The fourth-order valence-corrected chi connectivity index (χ4v) is 8.73. The van der Waals surface area contributed by atoms with E-state index >= 15 is 13.2 Å². The van der Waals surface area contributed by atoms with E-state index in [1.807, 2.05) is 53.4 Å². The molecule has 0 amide bonds. The van der Waals surface area contributed by atoms with Gasteiger partial charge in [-0.25, -0.2) is 18.8 Å². The first-order valence-electron chi connectivity index (χ1n) is 18.8. The minimum Gasteiger partial charge on any atom is -0.497 e. The average molecular weight is 825 g/mol. The Morgan fingerprint density at radius 1 is 0.983 bits per heavy atom. The van der Waals surface area contributed by atoms with Gasteiger partial charge in [0.2, 0.25) is 0 Å². The summed E-state index contributed by atoms with van der Waals surface area (Å²) in [5.41, 5.74) is 0.157. The Labute approximate surface area is 337 Å². The van der Waals surface area contributed by atoms with Crippen molar-refractivity contribution in [3.63, 3.8) is 0 Å². The molecule has 16 heteroatoms. The zero-order valence-electron chi connectivity index (χ0n) is 32.4. The molecule has 0 saturated carbocycles. The van der Waals surface area contributed by atoms with Gasteiger partial charge in [-0.3, -0.25) is 4.90 Å². The highest BCUT2D eigenvalue weighted by atomic mass is 35.5. The second kappa shape index (κ2) is 15.1. The molecule has 5 heterocycles. The molecule has 3 aromatic carbocycles. The van der Waals surface area contributed by atoms with Crippen LogP contribution in [0.5, 0.6) is 17.2 Å². The van der Waals surface area contributed by atoms with Crippen LogP contribution in [0, 0.1) is 6.92 Å². The minimum atomic E-state index is -4.82. The predicted octanol–water partition coefficient (Wildman–Crippen LogP) is 9.10. The lowest BCUT2D eigenvalue weighted by Crippen LogP contribution is -2.42. The molecule has 10 nitrogen and oxygen atoms in total. The summed E-state index contributed by atoms with van der Waals surface area (Å²) in [5, 5.41) is 3.13. The maximum atomic E-state index is 15.2. The molecule has 0 bridgehead atoms. The molecule has 0 spiro atoms. The van der Waals surface area contributed by atoms with E-state index in [-0.39, 0.29) is 59.9 Å². The summed E-state index contributed by atoms with van der Waals surface area (Å²) in [4.78, 5) is 14.7. The number of anilines is 2. The summed E-state index contributed by atoms with van der Waals surface area (Å²) in [6.45, 7) is 2.21. The number of halogens is 6. The second-order valence-corrected chi connectivity index (χ2v) is 15.5. The van der Waals surface area contributed by atoms with Gasteiger partial charge < -0.3 is 34.1 Å². The number of alkyl halides is 5. The summed E-state index contributed by atoms with van der Waals surface area (Å²) >= 11 is 7.11. The quantitative estimate of drug-likeness (QED) is 0.149. The Bertz CT molecular complexity index is 2220. The number of benzene rings is 3. The molecular formula is C42H42ClF5N6O4. The van der Waals surface area contributed by atoms with Gasteiger partial charge in [0.15, 0.2) is 0 Å². The molecule has 0 aliphatic carbocycles. The Kier molecular flexibility index (Phi) is 10.3. The number of aryl methyl sites for hydroxylation is 1. The van der Waals surface area contributed by atoms with Gasteiger partial charge in [-0.2, -0.15) is 13.2 Å². The van der Waals surface area contributed by atoms with E-state index in [4.69, 9.17) is 35.5 Å². The summed E-state index contributed by atoms with van der Waals surface area (Å²) < 4.78 is 98.0. The van der Waals surface area contributed by atoms with Gasteiger partial charge in [0.05, 0.1) is 60.0 Å². The molecule has 2 saturated heterocycles. The molecule has 4 aromatic rings. The van der Waals surface area contributed by atoms with Crippen molar-refractivity contribution in [2.45, 2.75) is 56.9 Å². The number of amidine groups is 1. The highest BCUT2D eigenvalue weighted by Gasteiger charge is 2.57. The smallest absolute Gasteiger partial charge is 0.418 e. The Balaban J connectivity index is 1.22. The van der Waals surface area contributed by atoms with Crippen LogP contribution in [0.1, 0.15) is 47.1 Å². The van der Waals surface area contributed by atoms with Crippen molar-refractivity contribution in [3.05, 3.63) is 106 Å². The predicted molar refractivity (Wildman–Crippen MR) is 211 cm³/mol. The van der Waals surface area contributed by atoms with E-state index in [2.05, 4.69) is 10.3 Å². The van der Waals surface area contributed by atoms with Gasteiger partial charge >= 0.3 is 12.1 Å². The number of hydrogen-bond donors (Lipinski definition) is 1. The van der Waals surface area contributed by atoms with E-state index in [0.29, 0.717) is 54.6 Å². The lowest BCUT2D eigenvalue weighted by Gasteiger charge is -2.31. The maximum Gasteiger partial charge on any atom is 0.418 e. The third kappa shape index (κ3) is 7.57. The maximum absolute atomic E-state index is 15.2. The fraction of sp³-hybridized carbons (Fsp3) is 0.381. The second-order valence-electron chi connectivity index (χ2n) is 15.1. The zero-order chi connectivity index (χ0) is 41.0. The zero-order valence-corrected chi connectivity index (χ0v) is 33.1. The van der Waals surface area contributed by atoms with Crippen LogP contribution >= 0.6 is 11.6 Å². The molecule has 1 N–H and O–H groups in total. The summed E-state index contributed by atoms with van der Waals surface area (Å²) in [5.74, 6) is -0.714. The Morgan fingerprint density at radius 2 is 1.64 bits per heavy atom. The van der Waals surface area contributed by atoms with Crippen LogP contribution in [0.2, 0.25) is 5.02 Å². The van der Waals surface area contributed by atoms with E-state index in [0.717, 1.165) is 17.5 Å². The van der Waals surface area contributed by atoms with Crippen molar-refractivity contribution in [3.8, 4) is 28.5 Å². The summed E-state index contributed by atoms with van der Waals surface area (Å²) in [7, 11) is 4.86. The number of nitrogens with one attached hydrogen (secondary N) is 1. The van der Waals surface area contributed by atoms with Crippen LogP contribution in [-0.2, 0) is 24.0 Å².